The average Bonchev–Trinajstić information content (AvgIpc) is 2.05. The third-order valence-electron chi connectivity index (χ3n) is 1.64. The standard InChI is InChI=1S/C10H15NO2/c1-3-5-9(6-10(12)13)8(4-2)7-11/h3-5H,1,6-7,11H2,2H3,(H,12,13)/b8-4-,9-5-. The first-order chi connectivity index (χ1) is 6.15. The molecule has 0 heterocycles. The summed E-state index contributed by atoms with van der Waals surface area (Å²) in [6, 6.07) is 0. The number of rotatable bonds is 5. The van der Waals surface area contributed by atoms with Crippen LogP contribution in [0.2, 0.25) is 0 Å². The number of carboxylic acids is 1. The largest absolute Gasteiger partial charge is 0.481 e. The number of allylic oxidation sites excluding steroid dienone is 3. The van der Waals surface area contributed by atoms with E-state index in [9.17, 15) is 4.79 Å². The normalized spacial score (nSPS) is 12.8. The summed E-state index contributed by atoms with van der Waals surface area (Å²) < 4.78 is 0. The first-order valence-electron chi connectivity index (χ1n) is 4.04. The van der Waals surface area contributed by atoms with E-state index in [-0.39, 0.29) is 6.42 Å². The van der Waals surface area contributed by atoms with Crippen LogP contribution in [-0.2, 0) is 4.79 Å². The molecule has 0 amide bonds. The minimum absolute atomic E-state index is 0.0110. The molecule has 13 heavy (non-hydrogen) atoms. The molecule has 3 N–H and O–H groups in total. The van der Waals surface area contributed by atoms with Gasteiger partial charge in [-0.05, 0) is 18.1 Å². The third kappa shape index (κ3) is 4.28. The van der Waals surface area contributed by atoms with E-state index in [0.717, 1.165) is 5.57 Å². The molecule has 72 valence electrons. The molecule has 0 saturated carbocycles. The van der Waals surface area contributed by atoms with Gasteiger partial charge in [0.15, 0.2) is 0 Å². The van der Waals surface area contributed by atoms with Gasteiger partial charge in [0.05, 0.1) is 6.42 Å². The Morgan fingerprint density at radius 3 is 2.46 bits per heavy atom. The van der Waals surface area contributed by atoms with Crippen molar-refractivity contribution >= 4 is 5.97 Å². The van der Waals surface area contributed by atoms with Crippen LogP contribution >= 0.6 is 0 Å². The first-order valence-corrected chi connectivity index (χ1v) is 4.04. The second-order valence-corrected chi connectivity index (χ2v) is 2.52. The van der Waals surface area contributed by atoms with Gasteiger partial charge in [0.25, 0.3) is 0 Å². The van der Waals surface area contributed by atoms with Crippen molar-refractivity contribution in [2.24, 2.45) is 5.73 Å². The van der Waals surface area contributed by atoms with Crippen molar-refractivity contribution in [1.82, 2.24) is 0 Å². The fraction of sp³-hybridized carbons (Fsp3) is 0.300. The zero-order valence-corrected chi connectivity index (χ0v) is 7.79. The van der Waals surface area contributed by atoms with E-state index in [2.05, 4.69) is 6.58 Å². The molecule has 0 fully saturated rings. The summed E-state index contributed by atoms with van der Waals surface area (Å²) in [5.41, 5.74) is 7.02. The van der Waals surface area contributed by atoms with Crippen LogP contribution in [0.5, 0.6) is 0 Å². The van der Waals surface area contributed by atoms with Crippen molar-refractivity contribution in [1.29, 1.82) is 0 Å². The molecule has 0 spiro atoms. The van der Waals surface area contributed by atoms with Gasteiger partial charge in [-0.25, -0.2) is 0 Å². The monoisotopic (exact) mass is 181 g/mol. The maximum absolute atomic E-state index is 10.5. The van der Waals surface area contributed by atoms with Gasteiger partial charge < -0.3 is 10.8 Å². The molecule has 0 radical (unpaired) electrons. The van der Waals surface area contributed by atoms with E-state index < -0.39 is 5.97 Å². The zero-order chi connectivity index (χ0) is 10.3. The van der Waals surface area contributed by atoms with Gasteiger partial charge in [0.2, 0.25) is 0 Å². The fourth-order valence-corrected chi connectivity index (χ4v) is 1.02. The highest BCUT2D eigenvalue weighted by atomic mass is 16.4. The van der Waals surface area contributed by atoms with Crippen molar-refractivity contribution in [3.05, 3.63) is 36.0 Å². The zero-order valence-electron chi connectivity index (χ0n) is 7.79. The van der Waals surface area contributed by atoms with Gasteiger partial charge in [-0.3, -0.25) is 4.79 Å². The summed E-state index contributed by atoms with van der Waals surface area (Å²) in [4.78, 5) is 10.5. The minimum Gasteiger partial charge on any atom is -0.481 e. The molecule has 0 saturated heterocycles. The van der Waals surface area contributed by atoms with Crippen LogP contribution in [0.15, 0.2) is 36.0 Å². The van der Waals surface area contributed by atoms with Crippen LogP contribution in [-0.4, -0.2) is 17.6 Å². The van der Waals surface area contributed by atoms with Gasteiger partial charge in [-0.15, -0.1) is 0 Å². The molecule has 0 aliphatic rings. The van der Waals surface area contributed by atoms with Gasteiger partial charge in [-0.1, -0.05) is 24.8 Å². The Labute approximate surface area is 78.3 Å². The average molecular weight is 181 g/mol. The molecule has 3 heteroatoms. The Balaban J connectivity index is 4.70. The van der Waals surface area contributed by atoms with Crippen molar-refractivity contribution in [2.45, 2.75) is 13.3 Å². The van der Waals surface area contributed by atoms with E-state index in [1.807, 2.05) is 13.0 Å². The molecule has 3 nitrogen and oxygen atoms in total. The third-order valence-corrected chi connectivity index (χ3v) is 1.64. The molecular formula is C10H15NO2. The Morgan fingerprint density at radius 2 is 2.15 bits per heavy atom. The van der Waals surface area contributed by atoms with E-state index in [1.54, 1.807) is 12.2 Å². The number of hydrogen-bond donors (Lipinski definition) is 2. The summed E-state index contributed by atoms with van der Waals surface area (Å²) in [5, 5.41) is 8.61. The Bertz CT molecular complexity index is 252. The molecule has 0 atom stereocenters. The fourth-order valence-electron chi connectivity index (χ4n) is 1.02. The highest BCUT2D eigenvalue weighted by Gasteiger charge is 2.06. The Morgan fingerprint density at radius 1 is 1.54 bits per heavy atom. The molecule has 0 unspecified atom stereocenters. The lowest BCUT2D eigenvalue weighted by Gasteiger charge is -2.06. The summed E-state index contributed by atoms with van der Waals surface area (Å²) in [7, 11) is 0. The predicted octanol–water partition coefficient (Wildman–Crippen LogP) is 1.48. The van der Waals surface area contributed by atoms with Crippen LogP contribution < -0.4 is 5.73 Å². The first kappa shape index (κ1) is 11.6. The number of carboxylic acid groups (broad SMARTS) is 1. The smallest absolute Gasteiger partial charge is 0.307 e. The minimum atomic E-state index is -0.860. The molecule has 0 aliphatic heterocycles. The molecule has 0 aliphatic carbocycles. The molecular weight excluding hydrogens is 166 g/mol. The van der Waals surface area contributed by atoms with Gasteiger partial charge in [-0.2, -0.15) is 0 Å². The van der Waals surface area contributed by atoms with E-state index >= 15 is 0 Å². The number of hydrogen-bond acceptors (Lipinski definition) is 2. The van der Waals surface area contributed by atoms with Crippen LogP contribution in [0.1, 0.15) is 13.3 Å². The number of carbonyl (C=O) groups is 1. The molecule has 0 aromatic rings. The topological polar surface area (TPSA) is 63.3 Å². The molecule has 0 rings (SSSR count). The highest BCUT2D eigenvalue weighted by Crippen LogP contribution is 2.12. The van der Waals surface area contributed by atoms with E-state index in [1.165, 1.54) is 0 Å². The molecule has 0 aromatic carbocycles. The number of aliphatic carboxylic acids is 1. The van der Waals surface area contributed by atoms with Crippen LogP contribution in [0.4, 0.5) is 0 Å². The lowest BCUT2D eigenvalue weighted by molar-refractivity contribution is -0.136. The highest BCUT2D eigenvalue weighted by molar-refractivity contribution is 5.72. The van der Waals surface area contributed by atoms with Gasteiger partial charge >= 0.3 is 5.97 Å². The van der Waals surface area contributed by atoms with Gasteiger partial charge in [0.1, 0.15) is 0 Å². The quantitative estimate of drug-likeness (QED) is 0.631. The van der Waals surface area contributed by atoms with Gasteiger partial charge in [0, 0.05) is 6.54 Å². The van der Waals surface area contributed by atoms with Crippen molar-refractivity contribution in [2.75, 3.05) is 6.54 Å². The van der Waals surface area contributed by atoms with E-state index in [4.69, 9.17) is 10.8 Å². The van der Waals surface area contributed by atoms with Crippen LogP contribution in [0.3, 0.4) is 0 Å². The number of nitrogens with two attached hydrogens (primary N) is 1. The Hall–Kier alpha value is -1.35. The summed E-state index contributed by atoms with van der Waals surface area (Å²) in [6.07, 6.45) is 5.05. The SMILES string of the molecule is C=C/C=C(CC(=O)O)\C(=C/C)CN. The lowest BCUT2D eigenvalue weighted by Crippen LogP contribution is -2.08. The molecule has 0 aromatic heterocycles. The molecule has 0 bridgehead atoms. The maximum Gasteiger partial charge on any atom is 0.307 e. The summed E-state index contributed by atoms with van der Waals surface area (Å²) in [5.74, 6) is -0.860. The van der Waals surface area contributed by atoms with Crippen molar-refractivity contribution in [3.8, 4) is 0 Å². The van der Waals surface area contributed by atoms with E-state index in [0.29, 0.717) is 12.1 Å². The van der Waals surface area contributed by atoms with Crippen LogP contribution in [0, 0.1) is 0 Å². The van der Waals surface area contributed by atoms with Crippen LogP contribution in [0.25, 0.3) is 0 Å². The van der Waals surface area contributed by atoms with Crippen molar-refractivity contribution < 1.29 is 9.90 Å². The Kier molecular flexibility index (Phi) is 5.55. The summed E-state index contributed by atoms with van der Waals surface area (Å²) >= 11 is 0. The van der Waals surface area contributed by atoms with Crippen molar-refractivity contribution in [3.63, 3.8) is 0 Å². The lowest BCUT2D eigenvalue weighted by atomic mass is 10.0. The second-order valence-electron chi connectivity index (χ2n) is 2.52. The second kappa shape index (κ2) is 6.20. The predicted molar refractivity (Wildman–Crippen MR) is 53.3 cm³/mol. The maximum atomic E-state index is 10.5. The summed E-state index contributed by atoms with van der Waals surface area (Å²) in [6.45, 7) is 5.71.